The Kier molecular flexibility index (Phi) is 6.38. The monoisotopic (exact) mass is 370 g/mol. The van der Waals surface area contributed by atoms with E-state index in [1.165, 1.54) is 0 Å². The number of amides is 1. The average Bonchev–Trinajstić information content (AvgIpc) is 3.31. The van der Waals surface area contributed by atoms with Crippen molar-refractivity contribution in [2.45, 2.75) is 32.9 Å². The summed E-state index contributed by atoms with van der Waals surface area (Å²) in [5.74, 6) is 0.668. The largest absolute Gasteiger partial charge is 0.487 e. The van der Waals surface area contributed by atoms with Gasteiger partial charge in [0.1, 0.15) is 12.4 Å². The van der Waals surface area contributed by atoms with Gasteiger partial charge in [-0.15, -0.1) is 11.3 Å². The van der Waals surface area contributed by atoms with Crippen LogP contribution in [0.2, 0.25) is 0 Å². The van der Waals surface area contributed by atoms with Crippen molar-refractivity contribution >= 4 is 17.2 Å². The Balaban J connectivity index is 1.37. The number of hydrogen-bond acceptors (Lipinski definition) is 5. The molecule has 6 nitrogen and oxygen atoms in total. The van der Waals surface area contributed by atoms with Crippen molar-refractivity contribution in [3.8, 4) is 5.75 Å². The van der Waals surface area contributed by atoms with Crippen LogP contribution in [0.5, 0.6) is 5.75 Å². The normalized spacial score (nSPS) is 10.7. The zero-order chi connectivity index (χ0) is 18.2. The highest BCUT2D eigenvalue weighted by molar-refractivity contribution is 7.09. The van der Waals surface area contributed by atoms with E-state index in [1.54, 1.807) is 36.0 Å². The molecule has 1 amide bonds. The Labute approximate surface area is 156 Å². The molecule has 0 aliphatic rings. The lowest BCUT2D eigenvalue weighted by Gasteiger charge is -2.07. The van der Waals surface area contributed by atoms with Gasteiger partial charge in [0, 0.05) is 36.4 Å². The number of aromatic nitrogens is 3. The number of rotatable bonds is 9. The summed E-state index contributed by atoms with van der Waals surface area (Å²) in [5, 5.41) is 5.96. The number of benzene rings is 1. The summed E-state index contributed by atoms with van der Waals surface area (Å²) < 4.78 is 7.73. The maximum Gasteiger partial charge on any atom is 0.251 e. The quantitative estimate of drug-likeness (QED) is 0.586. The van der Waals surface area contributed by atoms with Crippen LogP contribution in [-0.2, 0) is 13.2 Å². The molecule has 0 fully saturated rings. The lowest BCUT2D eigenvalue weighted by molar-refractivity contribution is 0.0953. The van der Waals surface area contributed by atoms with Crippen LogP contribution in [0.15, 0.2) is 48.4 Å². The Morgan fingerprint density at radius 2 is 2.12 bits per heavy atom. The maximum atomic E-state index is 12.2. The first-order chi connectivity index (χ1) is 12.7. The molecule has 2 aromatic heterocycles. The van der Waals surface area contributed by atoms with Gasteiger partial charge >= 0.3 is 0 Å². The number of imidazole rings is 1. The van der Waals surface area contributed by atoms with E-state index in [-0.39, 0.29) is 5.91 Å². The minimum atomic E-state index is -0.0608. The zero-order valence-electron chi connectivity index (χ0n) is 14.7. The van der Waals surface area contributed by atoms with Crippen LogP contribution >= 0.6 is 11.3 Å². The van der Waals surface area contributed by atoms with Crippen molar-refractivity contribution in [3.05, 3.63) is 64.6 Å². The number of thiazole rings is 1. The highest BCUT2D eigenvalue weighted by atomic mass is 32.1. The summed E-state index contributed by atoms with van der Waals surface area (Å²) in [6, 6.07) is 7.19. The fourth-order valence-electron chi connectivity index (χ4n) is 2.48. The van der Waals surface area contributed by atoms with Crippen LogP contribution in [0.4, 0.5) is 0 Å². The number of hydrogen-bond donors (Lipinski definition) is 1. The number of carbonyl (C=O) groups is 1. The molecule has 0 saturated heterocycles. The minimum Gasteiger partial charge on any atom is -0.487 e. The third-order valence-corrected chi connectivity index (χ3v) is 4.68. The first-order valence-corrected chi connectivity index (χ1v) is 9.46. The van der Waals surface area contributed by atoms with E-state index in [2.05, 4.69) is 15.3 Å². The molecular formula is C19H22N4O2S. The predicted molar refractivity (Wildman–Crippen MR) is 101 cm³/mol. The van der Waals surface area contributed by atoms with Gasteiger partial charge in [-0.05, 0) is 44.0 Å². The van der Waals surface area contributed by atoms with Crippen molar-refractivity contribution in [1.29, 1.82) is 0 Å². The number of nitrogens with zero attached hydrogens (tertiary/aromatic N) is 3. The second-order valence-electron chi connectivity index (χ2n) is 5.93. The Bertz CT molecular complexity index is 812. The van der Waals surface area contributed by atoms with Gasteiger partial charge in [-0.1, -0.05) is 0 Å². The van der Waals surface area contributed by atoms with Gasteiger partial charge in [-0.25, -0.2) is 9.97 Å². The second kappa shape index (κ2) is 9.15. The molecule has 0 unspecified atom stereocenters. The Hall–Kier alpha value is -2.67. The standard InChI is InChI=1S/C19H22N4O2S/c1-15-22-17(13-26-15)12-25-18-6-4-16(5-7-18)19(24)21-8-2-3-10-23-11-9-20-14-23/h4-7,9,11,13-14H,2-3,8,10,12H2,1H3,(H,21,24). The molecule has 0 spiro atoms. The molecule has 2 heterocycles. The van der Waals surface area contributed by atoms with Gasteiger partial charge in [0.25, 0.3) is 5.91 Å². The zero-order valence-corrected chi connectivity index (χ0v) is 15.5. The topological polar surface area (TPSA) is 69.0 Å². The summed E-state index contributed by atoms with van der Waals surface area (Å²) in [7, 11) is 0. The van der Waals surface area contributed by atoms with E-state index in [0.29, 0.717) is 18.7 Å². The molecule has 7 heteroatoms. The molecule has 136 valence electrons. The molecule has 3 aromatic rings. The van der Waals surface area contributed by atoms with Crippen molar-refractivity contribution in [2.24, 2.45) is 0 Å². The van der Waals surface area contributed by atoms with Crippen LogP contribution in [0.3, 0.4) is 0 Å². The third kappa shape index (κ3) is 5.42. The third-order valence-electron chi connectivity index (χ3n) is 3.86. The molecule has 0 radical (unpaired) electrons. The molecule has 0 bridgehead atoms. The predicted octanol–water partition coefficient (Wildman–Crippen LogP) is 3.44. The molecular weight excluding hydrogens is 348 g/mol. The summed E-state index contributed by atoms with van der Waals surface area (Å²) in [4.78, 5) is 20.5. The van der Waals surface area contributed by atoms with Crippen LogP contribution in [0.25, 0.3) is 0 Å². The number of ether oxygens (including phenoxy) is 1. The smallest absolute Gasteiger partial charge is 0.251 e. The second-order valence-corrected chi connectivity index (χ2v) is 7.00. The van der Waals surface area contributed by atoms with Crippen LogP contribution in [0.1, 0.15) is 33.9 Å². The van der Waals surface area contributed by atoms with E-state index in [1.807, 2.05) is 35.2 Å². The van der Waals surface area contributed by atoms with Gasteiger partial charge in [0.2, 0.25) is 0 Å². The average molecular weight is 370 g/mol. The molecule has 26 heavy (non-hydrogen) atoms. The van der Waals surface area contributed by atoms with E-state index < -0.39 is 0 Å². The fraction of sp³-hybridized carbons (Fsp3) is 0.316. The minimum absolute atomic E-state index is 0.0608. The van der Waals surface area contributed by atoms with Gasteiger partial charge in [-0.2, -0.15) is 0 Å². The summed E-state index contributed by atoms with van der Waals surface area (Å²) >= 11 is 1.61. The van der Waals surface area contributed by atoms with Crippen LogP contribution in [0, 0.1) is 6.92 Å². The van der Waals surface area contributed by atoms with Crippen molar-refractivity contribution in [1.82, 2.24) is 19.9 Å². The van der Waals surface area contributed by atoms with E-state index in [0.717, 1.165) is 35.8 Å². The lowest BCUT2D eigenvalue weighted by atomic mass is 10.2. The van der Waals surface area contributed by atoms with Crippen molar-refractivity contribution in [2.75, 3.05) is 6.54 Å². The highest BCUT2D eigenvalue weighted by Gasteiger charge is 2.06. The molecule has 1 aromatic carbocycles. The summed E-state index contributed by atoms with van der Waals surface area (Å²) in [6.07, 6.45) is 7.44. The molecule has 1 N–H and O–H groups in total. The lowest BCUT2D eigenvalue weighted by Crippen LogP contribution is -2.24. The summed E-state index contributed by atoms with van der Waals surface area (Å²) in [6.45, 7) is 3.99. The number of carbonyl (C=O) groups excluding carboxylic acids is 1. The maximum absolute atomic E-state index is 12.2. The highest BCUT2D eigenvalue weighted by Crippen LogP contribution is 2.15. The van der Waals surface area contributed by atoms with Crippen molar-refractivity contribution < 1.29 is 9.53 Å². The Morgan fingerprint density at radius 1 is 1.27 bits per heavy atom. The first-order valence-electron chi connectivity index (χ1n) is 8.58. The van der Waals surface area contributed by atoms with E-state index in [4.69, 9.17) is 4.74 Å². The number of nitrogens with one attached hydrogen (secondary N) is 1. The van der Waals surface area contributed by atoms with Crippen LogP contribution in [-0.4, -0.2) is 27.0 Å². The van der Waals surface area contributed by atoms with Crippen molar-refractivity contribution in [3.63, 3.8) is 0 Å². The van der Waals surface area contributed by atoms with Crippen LogP contribution < -0.4 is 10.1 Å². The van der Waals surface area contributed by atoms with Gasteiger partial charge in [0.15, 0.2) is 0 Å². The molecule has 0 saturated carbocycles. The number of unbranched alkanes of at least 4 members (excludes halogenated alkanes) is 1. The summed E-state index contributed by atoms with van der Waals surface area (Å²) in [5.41, 5.74) is 1.56. The molecule has 3 rings (SSSR count). The molecule has 0 aliphatic heterocycles. The fourth-order valence-corrected chi connectivity index (χ4v) is 3.07. The molecule has 0 atom stereocenters. The Morgan fingerprint density at radius 3 is 2.81 bits per heavy atom. The van der Waals surface area contributed by atoms with Gasteiger partial charge in [0.05, 0.1) is 17.0 Å². The SMILES string of the molecule is Cc1nc(COc2ccc(C(=O)NCCCCn3ccnc3)cc2)cs1. The van der Waals surface area contributed by atoms with Gasteiger partial charge in [-0.3, -0.25) is 4.79 Å². The number of aryl methyl sites for hydroxylation is 2. The van der Waals surface area contributed by atoms with E-state index in [9.17, 15) is 4.79 Å². The first kappa shape index (κ1) is 18.1. The van der Waals surface area contributed by atoms with E-state index >= 15 is 0 Å². The van der Waals surface area contributed by atoms with Gasteiger partial charge < -0.3 is 14.6 Å². The molecule has 0 aliphatic carbocycles.